The van der Waals surface area contributed by atoms with E-state index in [-0.39, 0.29) is 18.0 Å². The predicted octanol–water partition coefficient (Wildman–Crippen LogP) is 2.59. The molecule has 0 radical (unpaired) electrons. The van der Waals surface area contributed by atoms with Crippen molar-refractivity contribution in [3.8, 4) is 0 Å². The lowest BCUT2D eigenvalue weighted by Crippen LogP contribution is -2.25. The molecule has 0 aliphatic heterocycles. The van der Waals surface area contributed by atoms with Crippen molar-refractivity contribution in [1.29, 1.82) is 0 Å². The van der Waals surface area contributed by atoms with Gasteiger partial charge in [0.1, 0.15) is 6.10 Å². The summed E-state index contributed by atoms with van der Waals surface area (Å²) in [6.45, 7) is 10.9. The van der Waals surface area contributed by atoms with Crippen molar-refractivity contribution in [3.63, 3.8) is 0 Å². The predicted molar refractivity (Wildman–Crippen MR) is 67.0 cm³/mol. The normalized spacial score (nSPS) is 15.2. The van der Waals surface area contributed by atoms with E-state index in [0.29, 0.717) is 24.8 Å². The van der Waals surface area contributed by atoms with Crippen LogP contribution >= 0.6 is 0 Å². The summed E-state index contributed by atoms with van der Waals surface area (Å²) in [5, 5.41) is 0. The zero-order valence-electron chi connectivity index (χ0n) is 11.3. The third kappa shape index (κ3) is 6.83. The Bertz CT molecular complexity index is 202. The molecule has 0 aliphatic rings. The summed E-state index contributed by atoms with van der Waals surface area (Å²) in [5.74, 6) is 1.08. The second-order valence-corrected chi connectivity index (χ2v) is 5.37. The van der Waals surface area contributed by atoms with E-state index < -0.39 is 0 Å². The van der Waals surface area contributed by atoms with Gasteiger partial charge in [-0.25, -0.2) is 0 Å². The molecule has 0 aromatic carbocycles. The summed E-state index contributed by atoms with van der Waals surface area (Å²) in [6, 6.07) is 0. The van der Waals surface area contributed by atoms with E-state index in [4.69, 9.17) is 10.5 Å². The molecule has 0 aliphatic carbocycles. The van der Waals surface area contributed by atoms with E-state index in [0.717, 1.165) is 6.42 Å². The fraction of sp³-hybridized carbons (Fsp3) is 0.923. The lowest BCUT2D eigenvalue weighted by molar-refractivity contribution is -0.151. The number of nitrogens with two attached hydrogens (primary N) is 1. The molecule has 16 heavy (non-hydrogen) atoms. The summed E-state index contributed by atoms with van der Waals surface area (Å²) >= 11 is 0. The van der Waals surface area contributed by atoms with Crippen LogP contribution in [0, 0.1) is 17.8 Å². The molecule has 0 fully saturated rings. The van der Waals surface area contributed by atoms with E-state index in [9.17, 15) is 4.79 Å². The van der Waals surface area contributed by atoms with Crippen molar-refractivity contribution >= 4 is 5.97 Å². The minimum Gasteiger partial charge on any atom is -0.462 e. The van der Waals surface area contributed by atoms with Crippen LogP contribution in [0.4, 0.5) is 0 Å². The smallest absolute Gasteiger partial charge is 0.306 e. The number of carbonyl (C=O) groups excluding carboxylic acids is 1. The number of rotatable bonds is 7. The average molecular weight is 229 g/mol. The first kappa shape index (κ1) is 15.4. The van der Waals surface area contributed by atoms with Crippen molar-refractivity contribution in [2.24, 2.45) is 23.5 Å². The molecule has 3 nitrogen and oxygen atoms in total. The summed E-state index contributed by atoms with van der Waals surface area (Å²) < 4.78 is 5.33. The first-order chi connectivity index (χ1) is 7.36. The van der Waals surface area contributed by atoms with Gasteiger partial charge in [-0.1, -0.05) is 27.7 Å². The number of carbonyl (C=O) groups is 1. The van der Waals surface area contributed by atoms with Crippen LogP contribution in [0.25, 0.3) is 0 Å². The Morgan fingerprint density at radius 1 is 1.19 bits per heavy atom. The Hall–Kier alpha value is -0.570. The maximum atomic E-state index is 11.6. The van der Waals surface area contributed by atoms with E-state index in [1.807, 2.05) is 20.8 Å². The molecule has 0 amide bonds. The largest absolute Gasteiger partial charge is 0.462 e. The van der Waals surface area contributed by atoms with Crippen molar-refractivity contribution < 1.29 is 9.53 Å². The Labute approximate surface area is 99.7 Å². The van der Waals surface area contributed by atoms with Crippen molar-refractivity contribution in [1.82, 2.24) is 0 Å². The number of hydrogen-bond acceptors (Lipinski definition) is 3. The molecule has 3 heteroatoms. The highest BCUT2D eigenvalue weighted by Gasteiger charge is 2.18. The molecule has 0 saturated heterocycles. The van der Waals surface area contributed by atoms with E-state index in [1.165, 1.54) is 0 Å². The van der Waals surface area contributed by atoms with Gasteiger partial charge in [0.25, 0.3) is 0 Å². The second kappa shape index (κ2) is 7.66. The van der Waals surface area contributed by atoms with Gasteiger partial charge in [-0.3, -0.25) is 4.79 Å². The van der Waals surface area contributed by atoms with Gasteiger partial charge in [-0.15, -0.1) is 0 Å². The number of esters is 1. The maximum absolute atomic E-state index is 11.6. The molecular formula is C13H27NO2. The van der Waals surface area contributed by atoms with Crippen molar-refractivity contribution in [2.75, 3.05) is 6.54 Å². The van der Waals surface area contributed by atoms with Gasteiger partial charge in [0.05, 0.1) is 0 Å². The highest BCUT2D eigenvalue weighted by Crippen LogP contribution is 2.16. The lowest BCUT2D eigenvalue weighted by atomic mass is 9.94. The summed E-state index contributed by atoms with van der Waals surface area (Å²) in [5.41, 5.74) is 5.65. The average Bonchev–Trinajstić information content (AvgIpc) is 2.15. The fourth-order valence-electron chi connectivity index (χ4n) is 1.56. The summed E-state index contributed by atoms with van der Waals surface area (Å²) in [4.78, 5) is 11.6. The quantitative estimate of drug-likeness (QED) is 0.683. The minimum absolute atomic E-state index is 0.00928. The van der Waals surface area contributed by atoms with Gasteiger partial charge in [0.15, 0.2) is 0 Å². The van der Waals surface area contributed by atoms with Crippen LogP contribution in [0.3, 0.4) is 0 Å². The van der Waals surface area contributed by atoms with Crippen LogP contribution in [0.15, 0.2) is 0 Å². The van der Waals surface area contributed by atoms with Gasteiger partial charge in [-0.05, 0) is 37.6 Å². The number of hydrogen-bond donors (Lipinski definition) is 1. The van der Waals surface area contributed by atoms with E-state index >= 15 is 0 Å². The zero-order chi connectivity index (χ0) is 12.7. The SMILES string of the molecule is CC(C)CC(CN)CC(=O)OC(C)C(C)C. The molecule has 0 spiro atoms. The van der Waals surface area contributed by atoms with Gasteiger partial charge < -0.3 is 10.5 Å². The molecule has 0 rings (SSSR count). The van der Waals surface area contributed by atoms with Crippen LogP contribution in [-0.4, -0.2) is 18.6 Å². The third-order valence-corrected chi connectivity index (χ3v) is 2.85. The Morgan fingerprint density at radius 2 is 1.75 bits per heavy atom. The van der Waals surface area contributed by atoms with Crippen LogP contribution in [0.5, 0.6) is 0 Å². The number of ether oxygens (including phenoxy) is 1. The molecule has 0 aromatic rings. The highest BCUT2D eigenvalue weighted by molar-refractivity contribution is 5.69. The second-order valence-electron chi connectivity index (χ2n) is 5.37. The topological polar surface area (TPSA) is 52.3 Å². The minimum atomic E-state index is -0.114. The molecule has 96 valence electrons. The van der Waals surface area contributed by atoms with Crippen molar-refractivity contribution in [3.05, 3.63) is 0 Å². The zero-order valence-corrected chi connectivity index (χ0v) is 11.3. The molecule has 2 atom stereocenters. The Kier molecular flexibility index (Phi) is 7.39. The lowest BCUT2D eigenvalue weighted by Gasteiger charge is -2.20. The molecule has 0 aromatic heterocycles. The molecule has 2 N–H and O–H groups in total. The summed E-state index contributed by atoms with van der Waals surface area (Å²) in [7, 11) is 0. The highest BCUT2D eigenvalue weighted by atomic mass is 16.5. The first-order valence-electron chi connectivity index (χ1n) is 6.26. The van der Waals surface area contributed by atoms with Crippen LogP contribution < -0.4 is 5.73 Å². The molecule has 2 unspecified atom stereocenters. The van der Waals surface area contributed by atoms with Crippen LogP contribution in [0.1, 0.15) is 47.5 Å². The summed E-state index contributed by atoms with van der Waals surface area (Å²) in [6.07, 6.45) is 1.43. The van der Waals surface area contributed by atoms with Gasteiger partial charge in [-0.2, -0.15) is 0 Å². The first-order valence-corrected chi connectivity index (χ1v) is 6.26. The third-order valence-electron chi connectivity index (χ3n) is 2.85. The fourth-order valence-corrected chi connectivity index (χ4v) is 1.56. The van der Waals surface area contributed by atoms with Crippen molar-refractivity contribution in [2.45, 2.75) is 53.6 Å². The van der Waals surface area contributed by atoms with E-state index in [2.05, 4.69) is 13.8 Å². The van der Waals surface area contributed by atoms with Gasteiger partial charge in [0, 0.05) is 6.42 Å². The van der Waals surface area contributed by atoms with Gasteiger partial charge >= 0.3 is 5.97 Å². The maximum Gasteiger partial charge on any atom is 0.306 e. The van der Waals surface area contributed by atoms with Gasteiger partial charge in [0.2, 0.25) is 0 Å². The van der Waals surface area contributed by atoms with Crippen LogP contribution in [-0.2, 0) is 9.53 Å². The Balaban J connectivity index is 4.01. The molecule has 0 heterocycles. The van der Waals surface area contributed by atoms with E-state index in [1.54, 1.807) is 0 Å². The van der Waals surface area contributed by atoms with Crippen LogP contribution in [0.2, 0.25) is 0 Å². The molecule has 0 saturated carbocycles. The molecular weight excluding hydrogens is 202 g/mol. The monoisotopic (exact) mass is 229 g/mol. The standard InChI is InChI=1S/C13H27NO2/c1-9(2)6-12(8-14)7-13(15)16-11(5)10(3)4/h9-12H,6-8,14H2,1-5H3. The Morgan fingerprint density at radius 3 is 2.12 bits per heavy atom. The molecule has 0 bridgehead atoms.